The summed E-state index contributed by atoms with van der Waals surface area (Å²) in [6.45, 7) is 1.90. The molecule has 2 aliphatic rings. The summed E-state index contributed by atoms with van der Waals surface area (Å²) in [4.78, 5) is 13.6. The van der Waals surface area contributed by atoms with Gasteiger partial charge in [0.15, 0.2) is 6.10 Å². The monoisotopic (exact) mass is 520 g/mol. The van der Waals surface area contributed by atoms with Crippen molar-refractivity contribution < 1.29 is 22.7 Å². The molecule has 0 aromatic heterocycles. The lowest BCUT2D eigenvalue weighted by molar-refractivity contribution is -0.128. The molecule has 7 nitrogen and oxygen atoms in total. The zero-order valence-corrected chi connectivity index (χ0v) is 22.0. The Kier molecular flexibility index (Phi) is 7.11. The van der Waals surface area contributed by atoms with Crippen LogP contribution >= 0.6 is 0 Å². The number of ether oxygens (including phenoxy) is 2. The number of sulfonamides is 1. The average Bonchev–Trinajstić information content (AvgIpc) is 2.94. The summed E-state index contributed by atoms with van der Waals surface area (Å²) in [5.41, 5.74) is 4.22. The van der Waals surface area contributed by atoms with E-state index in [1.54, 1.807) is 36.4 Å². The van der Waals surface area contributed by atoms with Gasteiger partial charge in [-0.25, -0.2) is 8.42 Å². The quantitative estimate of drug-likeness (QED) is 0.484. The molecule has 0 spiro atoms. The zero-order valence-electron chi connectivity index (χ0n) is 21.1. The first-order valence-electron chi connectivity index (χ1n) is 12.7. The summed E-state index contributed by atoms with van der Waals surface area (Å²) in [6, 6.07) is 19.4. The van der Waals surface area contributed by atoms with Gasteiger partial charge in [0.05, 0.1) is 30.3 Å². The molecule has 3 aromatic carbocycles. The lowest BCUT2D eigenvalue weighted by Gasteiger charge is -2.35. The summed E-state index contributed by atoms with van der Waals surface area (Å²) in [5.74, 6) is 0.577. The van der Waals surface area contributed by atoms with Crippen molar-refractivity contribution in [3.8, 4) is 11.5 Å². The van der Waals surface area contributed by atoms with Crippen molar-refractivity contribution in [3.63, 3.8) is 0 Å². The number of methoxy groups -OCH3 is 1. The van der Waals surface area contributed by atoms with Gasteiger partial charge in [0.2, 0.25) is 0 Å². The van der Waals surface area contributed by atoms with Gasteiger partial charge < -0.3 is 14.8 Å². The minimum absolute atomic E-state index is 0.115. The third kappa shape index (κ3) is 5.03. The van der Waals surface area contributed by atoms with Crippen LogP contribution < -0.4 is 19.1 Å². The zero-order chi connectivity index (χ0) is 26.0. The maximum absolute atomic E-state index is 13.7. The Hall–Kier alpha value is -3.52. The summed E-state index contributed by atoms with van der Waals surface area (Å²) < 4.78 is 39.8. The molecule has 1 aliphatic carbocycles. The topological polar surface area (TPSA) is 84.9 Å². The highest BCUT2D eigenvalue weighted by molar-refractivity contribution is 7.92. The van der Waals surface area contributed by atoms with E-state index in [1.807, 2.05) is 6.92 Å². The van der Waals surface area contributed by atoms with Crippen LogP contribution in [0.1, 0.15) is 48.9 Å². The van der Waals surface area contributed by atoms with Crippen LogP contribution in [0.25, 0.3) is 0 Å². The predicted octanol–water partition coefficient (Wildman–Crippen LogP) is 4.80. The minimum atomic E-state index is -3.95. The van der Waals surface area contributed by atoms with Crippen molar-refractivity contribution in [2.75, 3.05) is 18.0 Å². The second-order valence-corrected chi connectivity index (χ2v) is 11.4. The molecule has 8 heteroatoms. The van der Waals surface area contributed by atoms with Gasteiger partial charge in [-0.15, -0.1) is 0 Å². The first-order chi connectivity index (χ1) is 17.9. The Morgan fingerprint density at radius 3 is 2.51 bits per heavy atom. The van der Waals surface area contributed by atoms with Crippen molar-refractivity contribution in [2.24, 2.45) is 0 Å². The third-order valence-electron chi connectivity index (χ3n) is 7.17. The summed E-state index contributed by atoms with van der Waals surface area (Å²) in [7, 11) is -2.42. The highest BCUT2D eigenvalue weighted by Crippen LogP contribution is 2.37. The molecule has 1 heterocycles. The number of anilines is 1. The van der Waals surface area contributed by atoms with Gasteiger partial charge in [0, 0.05) is 0 Å². The molecule has 5 rings (SSSR count). The number of nitrogens with one attached hydrogen (secondary N) is 1. The van der Waals surface area contributed by atoms with E-state index in [2.05, 4.69) is 23.5 Å². The van der Waals surface area contributed by atoms with Crippen LogP contribution in [0.5, 0.6) is 11.5 Å². The molecule has 1 aliphatic heterocycles. The maximum atomic E-state index is 13.7. The Morgan fingerprint density at radius 2 is 1.78 bits per heavy atom. The van der Waals surface area contributed by atoms with E-state index in [0.717, 1.165) is 18.4 Å². The van der Waals surface area contributed by atoms with Gasteiger partial charge in [-0.05, 0) is 85.2 Å². The fourth-order valence-electron chi connectivity index (χ4n) is 5.10. The van der Waals surface area contributed by atoms with Crippen LogP contribution in [-0.2, 0) is 27.7 Å². The molecule has 0 saturated heterocycles. The molecule has 194 valence electrons. The van der Waals surface area contributed by atoms with Crippen LogP contribution in [-0.4, -0.2) is 34.1 Å². The molecule has 3 aromatic rings. The number of benzene rings is 3. The van der Waals surface area contributed by atoms with Crippen molar-refractivity contribution in [2.45, 2.75) is 56.1 Å². The third-order valence-corrected chi connectivity index (χ3v) is 8.97. The number of carbonyl (C=O) groups excluding carboxylic acids is 1. The smallest absolute Gasteiger partial charge is 0.264 e. The largest absolute Gasteiger partial charge is 0.497 e. The van der Waals surface area contributed by atoms with Gasteiger partial charge in [0.25, 0.3) is 15.9 Å². The van der Waals surface area contributed by atoms with E-state index < -0.39 is 16.1 Å². The second kappa shape index (κ2) is 10.5. The predicted molar refractivity (Wildman–Crippen MR) is 143 cm³/mol. The molecule has 0 fully saturated rings. The summed E-state index contributed by atoms with van der Waals surface area (Å²) >= 11 is 0. The van der Waals surface area contributed by atoms with Crippen molar-refractivity contribution in [1.82, 2.24) is 5.32 Å². The first kappa shape index (κ1) is 25.1. The van der Waals surface area contributed by atoms with E-state index >= 15 is 0 Å². The molecule has 2 atom stereocenters. The Morgan fingerprint density at radius 1 is 1.05 bits per heavy atom. The highest BCUT2D eigenvalue weighted by Gasteiger charge is 2.38. The number of fused-ring (bicyclic) bond motifs is 2. The van der Waals surface area contributed by atoms with Crippen LogP contribution in [0.15, 0.2) is 71.6 Å². The van der Waals surface area contributed by atoms with E-state index in [4.69, 9.17) is 9.47 Å². The maximum Gasteiger partial charge on any atom is 0.264 e. The lowest BCUT2D eigenvalue weighted by Crippen LogP contribution is -2.51. The fraction of sp³-hybridized carbons (Fsp3) is 0.345. The minimum Gasteiger partial charge on any atom is -0.497 e. The number of aryl methyl sites for hydroxylation is 2. The lowest BCUT2D eigenvalue weighted by atomic mass is 9.88. The van der Waals surface area contributed by atoms with Gasteiger partial charge >= 0.3 is 0 Å². The molecule has 1 N–H and O–H groups in total. The van der Waals surface area contributed by atoms with Gasteiger partial charge in [-0.3, -0.25) is 9.10 Å². The first-order valence-corrected chi connectivity index (χ1v) is 14.2. The van der Waals surface area contributed by atoms with E-state index in [1.165, 1.54) is 47.5 Å². The Balaban J connectivity index is 1.40. The molecule has 37 heavy (non-hydrogen) atoms. The van der Waals surface area contributed by atoms with E-state index in [-0.39, 0.29) is 23.4 Å². The molecular weight excluding hydrogens is 488 g/mol. The SMILES string of the molecule is CC[C@H](NC(=O)[C@H]1CN(S(=O)(=O)c2ccc(OC)cc2)c2ccccc2O1)c1ccc2c(c1)CCCC2. The van der Waals surface area contributed by atoms with Gasteiger partial charge in [-0.2, -0.15) is 0 Å². The Bertz CT molecular complexity index is 1390. The van der Waals surface area contributed by atoms with Crippen molar-refractivity contribution in [1.29, 1.82) is 0 Å². The van der Waals surface area contributed by atoms with Crippen LogP contribution in [0.4, 0.5) is 5.69 Å². The van der Waals surface area contributed by atoms with E-state index in [0.29, 0.717) is 23.6 Å². The fourth-order valence-corrected chi connectivity index (χ4v) is 6.57. The molecule has 0 unspecified atom stereocenters. The molecule has 0 radical (unpaired) electrons. The van der Waals surface area contributed by atoms with Crippen LogP contribution in [0.2, 0.25) is 0 Å². The molecule has 0 saturated carbocycles. The number of hydrogen-bond donors (Lipinski definition) is 1. The van der Waals surface area contributed by atoms with Crippen LogP contribution in [0, 0.1) is 0 Å². The summed E-state index contributed by atoms with van der Waals surface area (Å²) in [6.07, 6.45) is 4.29. The second-order valence-electron chi connectivity index (χ2n) is 9.49. The molecule has 1 amide bonds. The number of hydrogen-bond acceptors (Lipinski definition) is 5. The number of para-hydroxylation sites is 2. The molecule has 0 bridgehead atoms. The Labute approximate surface area is 218 Å². The van der Waals surface area contributed by atoms with Crippen LogP contribution in [0.3, 0.4) is 0 Å². The highest BCUT2D eigenvalue weighted by atomic mass is 32.2. The van der Waals surface area contributed by atoms with Gasteiger partial charge in [0.1, 0.15) is 11.5 Å². The number of rotatable bonds is 7. The van der Waals surface area contributed by atoms with E-state index in [9.17, 15) is 13.2 Å². The van der Waals surface area contributed by atoms with Crippen molar-refractivity contribution in [3.05, 3.63) is 83.4 Å². The van der Waals surface area contributed by atoms with Crippen molar-refractivity contribution >= 4 is 21.6 Å². The van der Waals surface area contributed by atoms with Gasteiger partial charge in [-0.1, -0.05) is 37.3 Å². The average molecular weight is 521 g/mol. The molecular formula is C29H32N2O5S. The number of amides is 1. The standard InChI is InChI=1S/C29H32N2O5S/c1-3-25(22-13-12-20-8-4-5-9-21(20)18-22)30-29(32)28-19-31(26-10-6-7-11-27(26)36-28)37(33,34)24-16-14-23(35-2)15-17-24/h6-7,10-18,25,28H,3-5,8-9,19H2,1-2H3,(H,30,32)/t25-,28+/m0/s1. The summed E-state index contributed by atoms with van der Waals surface area (Å²) in [5, 5.41) is 3.12. The number of carbonyl (C=O) groups is 1. The normalized spacial score (nSPS) is 17.7. The number of nitrogens with zero attached hydrogens (tertiary/aromatic N) is 1.